The van der Waals surface area contributed by atoms with E-state index >= 15 is 0 Å². The Bertz CT molecular complexity index is 1920. The van der Waals surface area contributed by atoms with Crippen LogP contribution in [-0.4, -0.2) is 36.4 Å². The van der Waals surface area contributed by atoms with Crippen LogP contribution >= 0.6 is 11.3 Å². The van der Waals surface area contributed by atoms with Crippen molar-refractivity contribution in [2.75, 3.05) is 11.1 Å². The van der Waals surface area contributed by atoms with Crippen LogP contribution in [0.3, 0.4) is 0 Å². The van der Waals surface area contributed by atoms with Gasteiger partial charge in [0.1, 0.15) is 45.2 Å². The van der Waals surface area contributed by atoms with Crippen molar-refractivity contribution in [3.8, 4) is 11.5 Å². The Morgan fingerprint density at radius 3 is 2.64 bits per heavy atom. The summed E-state index contributed by atoms with van der Waals surface area (Å²) in [6, 6.07) is 10.5. The molecule has 0 aliphatic carbocycles. The van der Waals surface area contributed by atoms with Crippen LogP contribution in [0.25, 0.3) is 22.4 Å². The van der Waals surface area contributed by atoms with Crippen LogP contribution in [-0.2, 0) is 28.0 Å². The van der Waals surface area contributed by atoms with Gasteiger partial charge in [-0.1, -0.05) is 32.0 Å². The third kappa shape index (κ3) is 4.42. The summed E-state index contributed by atoms with van der Waals surface area (Å²) >= 11 is 1.31. The first-order valence-electron chi connectivity index (χ1n) is 13.2. The molecule has 42 heavy (non-hydrogen) atoms. The monoisotopic (exact) mass is 587 g/mol. The fourth-order valence-corrected chi connectivity index (χ4v) is 6.12. The number of Topliss-reactive ketones (excluding diaryl/α,β-unsaturated/α-hetero) is 1. The van der Waals surface area contributed by atoms with Crippen molar-refractivity contribution in [1.82, 2.24) is 24.7 Å². The second kappa shape index (κ2) is 9.76. The van der Waals surface area contributed by atoms with E-state index in [4.69, 9.17) is 10.7 Å². The summed E-state index contributed by atoms with van der Waals surface area (Å²) in [7, 11) is 0. The second-order valence-electron chi connectivity index (χ2n) is 11.3. The third-order valence-corrected chi connectivity index (χ3v) is 8.99. The number of nitrogens with zero attached hydrogens (tertiary/aromatic N) is 5. The molecule has 214 valence electrons. The standard InChI is InChI=1S/C30H27F2N7O2S/c1-15(40)29(2,3)12-18-14-42-28(34-18)30(4)22-24(33)35-26(36-25(22)37-27(30)41)23-19-10-9-17(31)11-21(19)39(38-23)13-16-7-5-6-8-20(16)32/h5-11,14H,12-13H2,1-4H3,(H3,33,35,36,37,41)/t30-/m0/s1. The van der Waals surface area contributed by atoms with E-state index in [0.717, 1.165) is 0 Å². The Labute approximate surface area is 243 Å². The number of hydrogen-bond donors (Lipinski definition) is 2. The Kier molecular flexibility index (Phi) is 6.41. The summed E-state index contributed by atoms with van der Waals surface area (Å²) < 4.78 is 30.2. The van der Waals surface area contributed by atoms with Crippen molar-refractivity contribution < 1.29 is 18.4 Å². The van der Waals surface area contributed by atoms with Crippen molar-refractivity contribution in [1.29, 1.82) is 0 Å². The number of anilines is 2. The first-order valence-corrected chi connectivity index (χ1v) is 14.1. The molecule has 6 rings (SSSR count). The zero-order chi connectivity index (χ0) is 30.0. The topological polar surface area (TPSA) is 129 Å². The van der Waals surface area contributed by atoms with Crippen LogP contribution in [0, 0.1) is 17.0 Å². The molecule has 12 heteroatoms. The maximum absolute atomic E-state index is 14.4. The summed E-state index contributed by atoms with van der Waals surface area (Å²) in [5.74, 6) is -0.781. The molecule has 5 aromatic rings. The largest absolute Gasteiger partial charge is 0.383 e. The lowest BCUT2D eigenvalue weighted by Crippen LogP contribution is -2.33. The number of fused-ring (bicyclic) bond motifs is 2. The number of hydrogen-bond acceptors (Lipinski definition) is 8. The van der Waals surface area contributed by atoms with Gasteiger partial charge in [-0.2, -0.15) is 5.10 Å². The van der Waals surface area contributed by atoms with E-state index in [2.05, 4.69) is 20.4 Å². The van der Waals surface area contributed by atoms with Crippen LogP contribution in [0.15, 0.2) is 47.8 Å². The molecule has 0 radical (unpaired) electrons. The summed E-state index contributed by atoms with van der Waals surface area (Å²) in [6.45, 7) is 7.03. The summed E-state index contributed by atoms with van der Waals surface area (Å²) in [5, 5.41) is 10.3. The number of carbonyl (C=O) groups excluding carboxylic acids is 2. The smallest absolute Gasteiger partial charge is 0.243 e. The Hall–Kier alpha value is -4.58. The highest BCUT2D eigenvalue weighted by molar-refractivity contribution is 7.10. The van der Waals surface area contributed by atoms with Gasteiger partial charge in [0.2, 0.25) is 5.91 Å². The molecule has 0 saturated carbocycles. The Balaban J connectivity index is 1.42. The van der Waals surface area contributed by atoms with E-state index < -0.39 is 22.5 Å². The molecule has 0 bridgehead atoms. The second-order valence-corrected chi connectivity index (χ2v) is 12.1. The number of halogens is 2. The fraction of sp³-hybridized carbons (Fsp3) is 0.267. The lowest BCUT2D eigenvalue weighted by atomic mass is 9.83. The molecule has 1 atom stereocenters. The maximum atomic E-state index is 14.4. The number of aromatic nitrogens is 5. The number of ketones is 1. The Morgan fingerprint density at radius 2 is 1.90 bits per heavy atom. The zero-order valence-electron chi connectivity index (χ0n) is 23.3. The van der Waals surface area contributed by atoms with E-state index in [0.29, 0.717) is 44.8 Å². The van der Waals surface area contributed by atoms with E-state index in [1.165, 1.54) is 34.2 Å². The van der Waals surface area contributed by atoms with E-state index in [1.807, 2.05) is 19.2 Å². The molecule has 0 spiro atoms. The highest BCUT2D eigenvalue weighted by Gasteiger charge is 2.50. The fourth-order valence-electron chi connectivity index (χ4n) is 5.13. The first kappa shape index (κ1) is 27.6. The summed E-state index contributed by atoms with van der Waals surface area (Å²) in [5.41, 5.74) is 6.85. The predicted octanol–water partition coefficient (Wildman–Crippen LogP) is 5.27. The molecule has 1 aliphatic heterocycles. The van der Waals surface area contributed by atoms with Crippen LogP contribution < -0.4 is 11.1 Å². The number of nitrogens with two attached hydrogens (primary N) is 1. The highest BCUT2D eigenvalue weighted by atomic mass is 32.1. The molecule has 0 fully saturated rings. The minimum absolute atomic E-state index is 0.0454. The number of amides is 1. The van der Waals surface area contributed by atoms with Crippen LogP contribution in [0.5, 0.6) is 0 Å². The van der Waals surface area contributed by atoms with Gasteiger partial charge in [-0.3, -0.25) is 14.3 Å². The van der Waals surface area contributed by atoms with Gasteiger partial charge in [0.25, 0.3) is 0 Å². The van der Waals surface area contributed by atoms with Crippen molar-refractivity contribution in [2.24, 2.45) is 5.41 Å². The Morgan fingerprint density at radius 1 is 1.14 bits per heavy atom. The van der Waals surface area contributed by atoms with Gasteiger partial charge in [0, 0.05) is 28.2 Å². The van der Waals surface area contributed by atoms with Crippen LogP contribution in [0.2, 0.25) is 0 Å². The molecule has 0 unspecified atom stereocenters. The van der Waals surface area contributed by atoms with E-state index in [9.17, 15) is 18.4 Å². The molecule has 4 heterocycles. The normalized spacial score (nSPS) is 16.6. The van der Waals surface area contributed by atoms with Gasteiger partial charge in [0.05, 0.1) is 23.3 Å². The predicted molar refractivity (Wildman–Crippen MR) is 156 cm³/mol. The number of thiazole rings is 1. The van der Waals surface area contributed by atoms with Crippen molar-refractivity contribution >= 4 is 45.6 Å². The van der Waals surface area contributed by atoms with E-state index in [1.54, 1.807) is 38.1 Å². The SMILES string of the molecule is CC(=O)C(C)(C)Cc1csc([C@]2(C)C(=O)Nc3nc(-c4nn(Cc5ccccc5F)c5cc(F)ccc45)nc(N)c32)n1. The lowest BCUT2D eigenvalue weighted by Gasteiger charge is -2.21. The number of benzene rings is 2. The molecule has 0 saturated heterocycles. The first-order chi connectivity index (χ1) is 19.9. The van der Waals surface area contributed by atoms with Crippen LogP contribution in [0.1, 0.15) is 49.5 Å². The molecular weight excluding hydrogens is 560 g/mol. The maximum Gasteiger partial charge on any atom is 0.243 e. The average Bonchev–Trinajstić information content (AvgIpc) is 3.60. The van der Waals surface area contributed by atoms with Gasteiger partial charge in [-0.25, -0.2) is 23.7 Å². The van der Waals surface area contributed by atoms with Crippen molar-refractivity contribution in [3.05, 3.63) is 81.3 Å². The number of nitrogens with one attached hydrogen (secondary N) is 1. The number of rotatable bonds is 7. The lowest BCUT2D eigenvalue weighted by molar-refractivity contribution is -0.124. The molecule has 1 aliphatic rings. The summed E-state index contributed by atoms with van der Waals surface area (Å²) in [4.78, 5) is 39.3. The van der Waals surface area contributed by atoms with E-state index in [-0.39, 0.29) is 35.7 Å². The van der Waals surface area contributed by atoms with Gasteiger partial charge in [0.15, 0.2) is 5.82 Å². The number of carbonyl (C=O) groups is 2. The minimum Gasteiger partial charge on any atom is -0.383 e. The molecular formula is C30H27F2N7O2S. The minimum atomic E-state index is -1.25. The molecule has 9 nitrogen and oxygen atoms in total. The van der Waals surface area contributed by atoms with Crippen molar-refractivity contribution in [2.45, 2.75) is 46.1 Å². The summed E-state index contributed by atoms with van der Waals surface area (Å²) in [6.07, 6.45) is 0.428. The van der Waals surface area contributed by atoms with Crippen LogP contribution in [0.4, 0.5) is 20.4 Å². The third-order valence-electron chi connectivity index (χ3n) is 7.88. The zero-order valence-corrected chi connectivity index (χ0v) is 24.1. The van der Waals surface area contributed by atoms with Gasteiger partial charge in [-0.05, 0) is 38.1 Å². The van der Waals surface area contributed by atoms with Gasteiger partial charge < -0.3 is 11.1 Å². The van der Waals surface area contributed by atoms with Gasteiger partial charge >= 0.3 is 0 Å². The van der Waals surface area contributed by atoms with Crippen molar-refractivity contribution in [3.63, 3.8) is 0 Å². The quantitative estimate of drug-likeness (QED) is 0.265. The average molecular weight is 588 g/mol. The van der Waals surface area contributed by atoms with Gasteiger partial charge in [-0.15, -0.1) is 11.3 Å². The molecule has 3 N–H and O–H groups in total. The molecule has 2 aromatic carbocycles. The molecule has 3 aromatic heterocycles. The molecule has 1 amide bonds. The highest BCUT2D eigenvalue weighted by Crippen LogP contribution is 2.46. The number of nitrogen functional groups attached to an aromatic ring is 1.